The SMILES string of the molecule is CNC(=S)N(C)C(C)C(C)(C)C. The first-order valence-electron chi connectivity index (χ1n) is 4.25. The van der Waals surface area contributed by atoms with Gasteiger partial charge in [-0.15, -0.1) is 0 Å². The normalized spacial score (nSPS) is 13.8. The van der Waals surface area contributed by atoms with Crippen LogP contribution in [0.25, 0.3) is 0 Å². The highest BCUT2D eigenvalue weighted by Crippen LogP contribution is 2.22. The Labute approximate surface area is 81.3 Å². The second kappa shape index (κ2) is 4.08. The van der Waals surface area contributed by atoms with Crippen LogP contribution in [0.5, 0.6) is 0 Å². The lowest BCUT2D eigenvalue weighted by atomic mass is 9.87. The Kier molecular flexibility index (Phi) is 3.97. The van der Waals surface area contributed by atoms with Crippen molar-refractivity contribution in [2.24, 2.45) is 5.41 Å². The van der Waals surface area contributed by atoms with Gasteiger partial charge in [0.1, 0.15) is 0 Å². The molecule has 0 heterocycles. The van der Waals surface area contributed by atoms with E-state index in [9.17, 15) is 0 Å². The summed E-state index contributed by atoms with van der Waals surface area (Å²) in [6, 6.07) is 0.442. The zero-order valence-electron chi connectivity index (χ0n) is 8.93. The third-order valence-corrected chi connectivity index (χ3v) is 2.86. The molecule has 0 radical (unpaired) electrons. The smallest absolute Gasteiger partial charge is 0.168 e. The molecule has 0 fully saturated rings. The molecule has 2 nitrogen and oxygen atoms in total. The van der Waals surface area contributed by atoms with Crippen LogP contribution in [-0.4, -0.2) is 30.1 Å². The van der Waals surface area contributed by atoms with E-state index in [2.05, 4.69) is 37.9 Å². The van der Waals surface area contributed by atoms with E-state index in [-0.39, 0.29) is 5.41 Å². The first-order chi connectivity index (χ1) is 5.30. The van der Waals surface area contributed by atoms with E-state index in [1.165, 1.54) is 0 Å². The highest BCUT2D eigenvalue weighted by molar-refractivity contribution is 7.80. The van der Waals surface area contributed by atoms with Crippen LogP contribution in [0.1, 0.15) is 27.7 Å². The summed E-state index contributed by atoms with van der Waals surface area (Å²) in [7, 11) is 3.88. The Morgan fingerprint density at radius 2 is 1.83 bits per heavy atom. The molecule has 0 bridgehead atoms. The highest BCUT2D eigenvalue weighted by atomic mass is 32.1. The number of nitrogens with zero attached hydrogens (tertiary/aromatic N) is 1. The van der Waals surface area contributed by atoms with Crippen LogP contribution < -0.4 is 5.32 Å². The Bertz CT molecular complexity index is 160. The summed E-state index contributed by atoms with van der Waals surface area (Å²) < 4.78 is 0. The van der Waals surface area contributed by atoms with Crippen molar-refractivity contribution < 1.29 is 0 Å². The minimum Gasteiger partial charge on any atom is -0.366 e. The summed E-state index contributed by atoms with van der Waals surface area (Å²) in [4.78, 5) is 2.09. The molecular formula is C9H20N2S. The molecular weight excluding hydrogens is 168 g/mol. The van der Waals surface area contributed by atoms with Crippen molar-refractivity contribution in [3.8, 4) is 0 Å². The molecule has 1 unspecified atom stereocenters. The Hall–Kier alpha value is -0.310. The lowest BCUT2D eigenvalue weighted by Gasteiger charge is -2.36. The Balaban J connectivity index is 4.29. The van der Waals surface area contributed by atoms with E-state index in [0.29, 0.717) is 6.04 Å². The van der Waals surface area contributed by atoms with Gasteiger partial charge in [0.05, 0.1) is 0 Å². The standard InChI is InChI=1S/C9H20N2S/c1-7(9(2,3)4)11(6)8(12)10-5/h7H,1-6H3,(H,10,12). The van der Waals surface area contributed by atoms with Crippen LogP contribution in [0, 0.1) is 5.41 Å². The van der Waals surface area contributed by atoms with Gasteiger partial charge < -0.3 is 10.2 Å². The molecule has 0 rings (SSSR count). The fraction of sp³-hybridized carbons (Fsp3) is 0.889. The largest absolute Gasteiger partial charge is 0.366 e. The second-order valence-electron chi connectivity index (χ2n) is 4.21. The molecule has 72 valence electrons. The van der Waals surface area contributed by atoms with Crippen LogP contribution in [0.4, 0.5) is 0 Å². The van der Waals surface area contributed by atoms with Gasteiger partial charge in [-0.1, -0.05) is 20.8 Å². The quantitative estimate of drug-likeness (QED) is 0.632. The van der Waals surface area contributed by atoms with Gasteiger partial charge in [-0.25, -0.2) is 0 Å². The third kappa shape index (κ3) is 2.97. The van der Waals surface area contributed by atoms with Crippen molar-refractivity contribution in [2.45, 2.75) is 33.7 Å². The Morgan fingerprint density at radius 1 is 1.42 bits per heavy atom. The molecule has 0 aliphatic rings. The first kappa shape index (κ1) is 11.7. The molecule has 0 saturated carbocycles. The van der Waals surface area contributed by atoms with E-state index >= 15 is 0 Å². The van der Waals surface area contributed by atoms with Crippen LogP contribution in [0.15, 0.2) is 0 Å². The van der Waals surface area contributed by atoms with E-state index < -0.39 is 0 Å². The van der Waals surface area contributed by atoms with Crippen LogP contribution in [0.3, 0.4) is 0 Å². The second-order valence-corrected chi connectivity index (χ2v) is 4.59. The predicted octanol–water partition coefficient (Wildman–Crippen LogP) is 1.86. The molecule has 0 aromatic heterocycles. The number of hydrogen-bond acceptors (Lipinski definition) is 1. The molecule has 0 amide bonds. The average molecular weight is 188 g/mol. The fourth-order valence-electron chi connectivity index (χ4n) is 0.933. The van der Waals surface area contributed by atoms with E-state index in [4.69, 9.17) is 12.2 Å². The summed E-state index contributed by atoms with van der Waals surface area (Å²) >= 11 is 5.14. The van der Waals surface area contributed by atoms with Crippen molar-refractivity contribution in [3.05, 3.63) is 0 Å². The van der Waals surface area contributed by atoms with Gasteiger partial charge in [0.2, 0.25) is 0 Å². The number of hydrogen-bond donors (Lipinski definition) is 1. The van der Waals surface area contributed by atoms with Crippen molar-refractivity contribution >= 4 is 17.3 Å². The van der Waals surface area contributed by atoms with E-state index in [1.54, 1.807) is 0 Å². The fourth-order valence-corrected chi connectivity index (χ4v) is 1.09. The molecule has 1 N–H and O–H groups in total. The predicted molar refractivity (Wildman–Crippen MR) is 58.3 cm³/mol. The molecule has 0 aromatic rings. The van der Waals surface area contributed by atoms with Gasteiger partial charge in [-0.3, -0.25) is 0 Å². The molecule has 1 atom stereocenters. The van der Waals surface area contributed by atoms with Gasteiger partial charge >= 0.3 is 0 Å². The zero-order chi connectivity index (χ0) is 9.94. The summed E-state index contributed by atoms with van der Waals surface area (Å²) in [6.07, 6.45) is 0. The summed E-state index contributed by atoms with van der Waals surface area (Å²) in [6.45, 7) is 8.83. The maximum Gasteiger partial charge on any atom is 0.168 e. The van der Waals surface area contributed by atoms with Crippen molar-refractivity contribution in [2.75, 3.05) is 14.1 Å². The third-order valence-electron chi connectivity index (χ3n) is 2.37. The zero-order valence-corrected chi connectivity index (χ0v) is 9.75. The summed E-state index contributed by atoms with van der Waals surface area (Å²) in [5.74, 6) is 0. The van der Waals surface area contributed by atoms with Gasteiger partial charge in [0.25, 0.3) is 0 Å². The first-order valence-corrected chi connectivity index (χ1v) is 4.66. The van der Waals surface area contributed by atoms with Gasteiger partial charge in [-0.2, -0.15) is 0 Å². The molecule has 0 aromatic carbocycles. The minimum atomic E-state index is 0.260. The summed E-state index contributed by atoms with van der Waals surface area (Å²) in [5, 5.41) is 3.78. The summed E-state index contributed by atoms with van der Waals surface area (Å²) in [5.41, 5.74) is 0.260. The van der Waals surface area contributed by atoms with Crippen molar-refractivity contribution in [1.29, 1.82) is 0 Å². The Morgan fingerprint density at radius 3 is 2.08 bits per heavy atom. The molecule has 0 aliphatic heterocycles. The topological polar surface area (TPSA) is 15.3 Å². The van der Waals surface area contributed by atoms with Gasteiger partial charge in [0.15, 0.2) is 5.11 Å². The minimum absolute atomic E-state index is 0.260. The monoisotopic (exact) mass is 188 g/mol. The molecule has 0 spiro atoms. The number of rotatable bonds is 1. The molecule has 3 heteroatoms. The van der Waals surface area contributed by atoms with Gasteiger partial charge in [0, 0.05) is 20.1 Å². The maximum absolute atomic E-state index is 5.14. The lowest BCUT2D eigenvalue weighted by Crippen LogP contribution is -2.46. The highest BCUT2D eigenvalue weighted by Gasteiger charge is 2.24. The van der Waals surface area contributed by atoms with E-state index in [0.717, 1.165) is 5.11 Å². The lowest BCUT2D eigenvalue weighted by molar-refractivity contribution is 0.207. The van der Waals surface area contributed by atoms with Crippen molar-refractivity contribution in [1.82, 2.24) is 10.2 Å². The van der Waals surface area contributed by atoms with Gasteiger partial charge in [-0.05, 0) is 24.6 Å². The number of nitrogens with one attached hydrogen (secondary N) is 1. The van der Waals surface area contributed by atoms with Crippen LogP contribution >= 0.6 is 12.2 Å². The van der Waals surface area contributed by atoms with Crippen LogP contribution in [-0.2, 0) is 0 Å². The van der Waals surface area contributed by atoms with E-state index in [1.807, 2.05) is 14.1 Å². The molecule has 12 heavy (non-hydrogen) atoms. The van der Waals surface area contributed by atoms with Crippen LogP contribution in [0.2, 0.25) is 0 Å². The average Bonchev–Trinajstić information content (AvgIpc) is 1.98. The molecule has 0 aliphatic carbocycles. The molecule has 0 saturated heterocycles. The maximum atomic E-state index is 5.14. The van der Waals surface area contributed by atoms with Crippen molar-refractivity contribution in [3.63, 3.8) is 0 Å². The number of thiocarbonyl (C=S) groups is 1.